The van der Waals surface area contributed by atoms with Crippen LogP contribution in [0.1, 0.15) is 18.4 Å². The van der Waals surface area contributed by atoms with E-state index in [4.69, 9.17) is 4.52 Å². The van der Waals surface area contributed by atoms with Crippen LogP contribution in [0.3, 0.4) is 0 Å². The Morgan fingerprint density at radius 1 is 1.28 bits per heavy atom. The van der Waals surface area contributed by atoms with Crippen LogP contribution in [-0.2, 0) is 0 Å². The molecule has 2 aromatic rings. The minimum atomic E-state index is -0.327. The lowest BCUT2D eigenvalue weighted by atomic mass is 10.2. The van der Waals surface area contributed by atoms with E-state index in [0.29, 0.717) is 24.7 Å². The van der Waals surface area contributed by atoms with Crippen molar-refractivity contribution in [3.05, 3.63) is 36.2 Å². The van der Waals surface area contributed by atoms with Crippen LogP contribution in [0, 0.1) is 0 Å². The number of aromatic nitrogens is 2. The molecule has 1 aliphatic heterocycles. The van der Waals surface area contributed by atoms with Gasteiger partial charge in [0, 0.05) is 12.1 Å². The number of halogens is 1. The highest BCUT2D eigenvalue weighted by molar-refractivity contribution is 5.85. The molecule has 2 N–H and O–H groups in total. The van der Waals surface area contributed by atoms with Gasteiger partial charge in [-0.15, -0.1) is 12.4 Å². The van der Waals surface area contributed by atoms with Crippen molar-refractivity contribution in [2.24, 2.45) is 0 Å². The first-order chi connectivity index (χ1) is 8.33. The fraction of sp³-hybridized carbons (Fsp3) is 0.333. The molecule has 0 amide bonds. The smallest absolute Gasteiger partial charge is 0.244 e. The zero-order valence-corrected chi connectivity index (χ0v) is 10.4. The monoisotopic (exact) mass is 267 g/mol. The van der Waals surface area contributed by atoms with Gasteiger partial charge in [0.05, 0.1) is 12.1 Å². The van der Waals surface area contributed by atoms with Gasteiger partial charge in [-0.05, 0) is 6.42 Å². The molecule has 6 heteroatoms. The molecule has 2 atom stereocenters. The molecule has 0 unspecified atom stereocenters. The van der Waals surface area contributed by atoms with Gasteiger partial charge >= 0.3 is 0 Å². The fourth-order valence-electron chi connectivity index (χ4n) is 1.99. The number of hydrogen-bond donors (Lipinski definition) is 2. The zero-order chi connectivity index (χ0) is 11.7. The Morgan fingerprint density at radius 3 is 2.72 bits per heavy atom. The second-order valence-electron chi connectivity index (χ2n) is 4.17. The predicted octanol–water partition coefficient (Wildman–Crippen LogP) is 1.55. The third-order valence-electron chi connectivity index (χ3n) is 2.88. The summed E-state index contributed by atoms with van der Waals surface area (Å²) in [5, 5.41) is 16.5. The van der Waals surface area contributed by atoms with E-state index in [9.17, 15) is 5.11 Å². The summed E-state index contributed by atoms with van der Waals surface area (Å²) < 4.78 is 5.22. The number of hydrogen-bond acceptors (Lipinski definition) is 5. The summed E-state index contributed by atoms with van der Waals surface area (Å²) >= 11 is 0. The van der Waals surface area contributed by atoms with Crippen LogP contribution in [0.5, 0.6) is 0 Å². The van der Waals surface area contributed by atoms with Gasteiger partial charge in [0.25, 0.3) is 0 Å². The highest BCUT2D eigenvalue weighted by Gasteiger charge is 2.28. The number of nitrogens with one attached hydrogen (secondary N) is 1. The molecule has 3 rings (SSSR count). The molecule has 1 aliphatic rings. The first-order valence-corrected chi connectivity index (χ1v) is 5.63. The van der Waals surface area contributed by atoms with Gasteiger partial charge in [0.1, 0.15) is 0 Å². The van der Waals surface area contributed by atoms with E-state index < -0.39 is 0 Å². The molecule has 0 bridgehead atoms. The van der Waals surface area contributed by atoms with E-state index in [1.165, 1.54) is 0 Å². The first kappa shape index (κ1) is 13.0. The van der Waals surface area contributed by atoms with Crippen molar-refractivity contribution >= 4 is 12.4 Å². The SMILES string of the molecule is Cl.O[C@H]1CN[C@@H](c2nc(-c3ccccc3)no2)C1. The Morgan fingerprint density at radius 2 is 2.06 bits per heavy atom. The third kappa shape index (κ3) is 2.53. The molecule has 18 heavy (non-hydrogen) atoms. The normalized spacial score (nSPS) is 22.7. The van der Waals surface area contributed by atoms with Crippen LogP contribution >= 0.6 is 12.4 Å². The third-order valence-corrected chi connectivity index (χ3v) is 2.88. The fourth-order valence-corrected chi connectivity index (χ4v) is 1.99. The summed E-state index contributed by atoms with van der Waals surface area (Å²) in [6.07, 6.45) is 0.295. The van der Waals surface area contributed by atoms with Gasteiger partial charge in [0.15, 0.2) is 0 Å². The average molecular weight is 268 g/mol. The number of rotatable bonds is 2. The van der Waals surface area contributed by atoms with Gasteiger partial charge in [-0.3, -0.25) is 0 Å². The van der Waals surface area contributed by atoms with E-state index in [0.717, 1.165) is 5.56 Å². The van der Waals surface area contributed by atoms with Gasteiger partial charge in [-0.25, -0.2) is 0 Å². The van der Waals surface area contributed by atoms with Crippen LogP contribution in [0.25, 0.3) is 11.4 Å². The Labute approximate surface area is 111 Å². The highest BCUT2D eigenvalue weighted by Crippen LogP contribution is 2.24. The summed E-state index contributed by atoms with van der Waals surface area (Å²) in [5.74, 6) is 1.13. The molecule has 1 aromatic carbocycles. The summed E-state index contributed by atoms with van der Waals surface area (Å²) in [4.78, 5) is 4.35. The van der Waals surface area contributed by atoms with Crippen LogP contribution in [0.4, 0.5) is 0 Å². The molecule has 0 aliphatic carbocycles. The summed E-state index contributed by atoms with van der Waals surface area (Å²) in [6, 6.07) is 9.65. The molecule has 0 radical (unpaired) electrons. The molecular weight excluding hydrogens is 254 g/mol. The quantitative estimate of drug-likeness (QED) is 0.864. The lowest BCUT2D eigenvalue weighted by Crippen LogP contribution is -2.15. The minimum Gasteiger partial charge on any atom is -0.392 e. The summed E-state index contributed by atoms with van der Waals surface area (Å²) in [7, 11) is 0. The average Bonchev–Trinajstić information content (AvgIpc) is 2.98. The topological polar surface area (TPSA) is 71.2 Å². The van der Waals surface area contributed by atoms with Crippen molar-refractivity contribution in [1.82, 2.24) is 15.5 Å². The van der Waals surface area contributed by atoms with Gasteiger partial charge in [-0.1, -0.05) is 35.5 Å². The molecule has 5 nitrogen and oxygen atoms in total. The largest absolute Gasteiger partial charge is 0.392 e. The van der Waals surface area contributed by atoms with Crippen molar-refractivity contribution in [2.75, 3.05) is 6.54 Å². The van der Waals surface area contributed by atoms with Gasteiger partial charge < -0.3 is 14.9 Å². The summed E-state index contributed by atoms with van der Waals surface area (Å²) in [5.41, 5.74) is 0.932. The lowest BCUT2D eigenvalue weighted by molar-refractivity contribution is 0.191. The van der Waals surface area contributed by atoms with Gasteiger partial charge in [0.2, 0.25) is 11.7 Å². The van der Waals surface area contributed by atoms with Crippen LogP contribution < -0.4 is 5.32 Å². The zero-order valence-electron chi connectivity index (χ0n) is 9.61. The van der Waals surface area contributed by atoms with E-state index in [-0.39, 0.29) is 24.6 Å². The predicted molar refractivity (Wildman–Crippen MR) is 68.3 cm³/mol. The molecule has 0 saturated carbocycles. The maximum Gasteiger partial charge on any atom is 0.244 e. The number of aliphatic hydroxyl groups is 1. The molecular formula is C12H14ClN3O2. The minimum absolute atomic E-state index is 0. The highest BCUT2D eigenvalue weighted by atomic mass is 35.5. The summed E-state index contributed by atoms with van der Waals surface area (Å²) in [6.45, 7) is 0.577. The lowest BCUT2D eigenvalue weighted by Gasteiger charge is -2.01. The number of aliphatic hydroxyl groups excluding tert-OH is 1. The van der Waals surface area contributed by atoms with E-state index in [2.05, 4.69) is 15.5 Å². The second-order valence-corrected chi connectivity index (χ2v) is 4.17. The van der Waals surface area contributed by atoms with Gasteiger partial charge in [-0.2, -0.15) is 4.98 Å². The maximum absolute atomic E-state index is 9.43. The maximum atomic E-state index is 9.43. The molecule has 1 saturated heterocycles. The first-order valence-electron chi connectivity index (χ1n) is 5.63. The van der Waals surface area contributed by atoms with Crippen molar-refractivity contribution in [3.63, 3.8) is 0 Å². The van der Waals surface area contributed by atoms with E-state index in [1.807, 2.05) is 30.3 Å². The van der Waals surface area contributed by atoms with Crippen LogP contribution in [-0.4, -0.2) is 27.9 Å². The Kier molecular flexibility index (Phi) is 3.96. The van der Waals surface area contributed by atoms with Crippen molar-refractivity contribution in [1.29, 1.82) is 0 Å². The standard InChI is InChI=1S/C12H13N3O2.ClH/c16-9-6-10(13-7-9)12-14-11(15-17-12)8-4-2-1-3-5-8;/h1-5,9-10,13,16H,6-7H2;1H/t9-,10-;/m1./s1. The molecule has 0 spiro atoms. The second kappa shape index (κ2) is 5.48. The molecule has 2 heterocycles. The van der Waals surface area contributed by atoms with Crippen molar-refractivity contribution in [2.45, 2.75) is 18.6 Å². The molecule has 96 valence electrons. The van der Waals surface area contributed by atoms with Crippen molar-refractivity contribution in [3.8, 4) is 11.4 Å². The molecule has 1 fully saturated rings. The Hall–Kier alpha value is -1.43. The van der Waals surface area contributed by atoms with Crippen molar-refractivity contribution < 1.29 is 9.63 Å². The van der Waals surface area contributed by atoms with Crippen LogP contribution in [0.2, 0.25) is 0 Å². The Bertz CT molecular complexity index is 503. The van der Waals surface area contributed by atoms with E-state index >= 15 is 0 Å². The van der Waals surface area contributed by atoms with E-state index in [1.54, 1.807) is 0 Å². The molecule has 1 aromatic heterocycles. The number of benzene rings is 1. The van der Waals surface area contributed by atoms with Crippen LogP contribution in [0.15, 0.2) is 34.9 Å². The Balaban J connectivity index is 0.00000120. The number of nitrogens with zero attached hydrogens (tertiary/aromatic N) is 2. The number of β-amino-alcohol motifs (C(OH)–C–C–N with tert-alkyl or cyclic N) is 1.